The molecule has 0 saturated carbocycles. The number of alkyl carbamates (subject to hydrolysis) is 1. The molecule has 2 amide bonds. The topological polar surface area (TPSA) is 79.5 Å². The fraction of sp³-hybridized carbons (Fsp3) is 0.833. The van der Waals surface area contributed by atoms with Crippen LogP contribution < -0.4 is 16.0 Å². The van der Waals surface area contributed by atoms with Crippen LogP contribution in [0.15, 0.2) is 0 Å². The summed E-state index contributed by atoms with van der Waals surface area (Å²) in [6.07, 6.45) is 0.347. The maximum Gasteiger partial charge on any atom is 0.408 e. The fourth-order valence-electron chi connectivity index (χ4n) is 1.65. The second kappa shape index (κ2) is 6.04. The number of ether oxygens (including phenoxy) is 1. The highest BCUT2D eigenvalue weighted by molar-refractivity contribution is 5.85. The third-order valence-corrected chi connectivity index (χ3v) is 2.53. The minimum absolute atomic E-state index is 0.153. The van der Waals surface area contributed by atoms with Crippen molar-refractivity contribution >= 4 is 12.0 Å². The maximum absolute atomic E-state index is 11.8. The Balaban J connectivity index is 2.32. The van der Waals surface area contributed by atoms with Gasteiger partial charge in [-0.25, -0.2) is 4.79 Å². The van der Waals surface area contributed by atoms with Gasteiger partial charge in [0, 0.05) is 12.6 Å². The van der Waals surface area contributed by atoms with Gasteiger partial charge in [0.1, 0.15) is 11.6 Å². The van der Waals surface area contributed by atoms with Crippen LogP contribution in [0.25, 0.3) is 0 Å². The second-order valence-electron chi connectivity index (χ2n) is 5.57. The van der Waals surface area contributed by atoms with Gasteiger partial charge in [-0.2, -0.15) is 0 Å². The molecule has 1 saturated heterocycles. The van der Waals surface area contributed by atoms with E-state index in [1.165, 1.54) is 0 Å². The predicted molar refractivity (Wildman–Crippen MR) is 68.2 cm³/mol. The minimum atomic E-state index is -0.597. The van der Waals surface area contributed by atoms with E-state index >= 15 is 0 Å². The molecule has 6 nitrogen and oxygen atoms in total. The Bertz CT molecular complexity index is 306. The lowest BCUT2D eigenvalue weighted by Crippen LogP contribution is -2.49. The van der Waals surface area contributed by atoms with E-state index in [0.717, 1.165) is 19.5 Å². The van der Waals surface area contributed by atoms with E-state index in [1.54, 1.807) is 27.7 Å². The number of hydrogen-bond donors (Lipinski definition) is 3. The van der Waals surface area contributed by atoms with Gasteiger partial charge < -0.3 is 20.7 Å². The molecular formula is C12H23N3O3. The van der Waals surface area contributed by atoms with Crippen LogP contribution >= 0.6 is 0 Å². The molecule has 3 N–H and O–H groups in total. The van der Waals surface area contributed by atoms with Crippen molar-refractivity contribution in [2.75, 3.05) is 13.1 Å². The van der Waals surface area contributed by atoms with Gasteiger partial charge in [-0.1, -0.05) is 0 Å². The first-order valence-corrected chi connectivity index (χ1v) is 6.28. The van der Waals surface area contributed by atoms with Crippen molar-refractivity contribution in [3.63, 3.8) is 0 Å². The Labute approximate surface area is 108 Å². The Kier molecular flexibility index (Phi) is 4.95. The second-order valence-corrected chi connectivity index (χ2v) is 5.57. The summed E-state index contributed by atoms with van der Waals surface area (Å²) in [4.78, 5) is 23.3. The van der Waals surface area contributed by atoms with Crippen molar-refractivity contribution in [1.29, 1.82) is 0 Å². The van der Waals surface area contributed by atoms with Gasteiger partial charge in [0.15, 0.2) is 0 Å². The normalized spacial score (nSPS) is 21.2. The van der Waals surface area contributed by atoms with Gasteiger partial charge >= 0.3 is 6.09 Å². The smallest absolute Gasteiger partial charge is 0.408 e. The van der Waals surface area contributed by atoms with Crippen LogP contribution in [0.2, 0.25) is 0 Å². The molecule has 0 radical (unpaired) electrons. The molecule has 6 heteroatoms. The first kappa shape index (κ1) is 14.8. The maximum atomic E-state index is 11.8. The molecule has 0 aromatic carbocycles. The number of carbonyl (C=O) groups excluding carboxylic acids is 2. The Hall–Kier alpha value is -1.30. The molecule has 2 atom stereocenters. The molecule has 1 fully saturated rings. The molecule has 0 aromatic heterocycles. The Morgan fingerprint density at radius 2 is 2.06 bits per heavy atom. The summed E-state index contributed by atoms with van der Waals surface area (Å²) in [6.45, 7) is 8.68. The lowest BCUT2D eigenvalue weighted by molar-refractivity contribution is -0.123. The quantitative estimate of drug-likeness (QED) is 0.683. The standard InChI is InChI=1S/C12H23N3O3/c1-8(14-11(17)18-12(2,3)4)10(16)15-9-5-6-13-7-9/h8-9,13H,5-7H2,1-4H3,(H,14,17)(H,15,16). The zero-order valence-corrected chi connectivity index (χ0v) is 11.5. The molecule has 0 spiro atoms. The van der Waals surface area contributed by atoms with Crippen molar-refractivity contribution in [2.24, 2.45) is 0 Å². The van der Waals surface area contributed by atoms with Gasteiger partial charge in [0.05, 0.1) is 0 Å². The van der Waals surface area contributed by atoms with Gasteiger partial charge in [-0.3, -0.25) is 4.79 Å². The number of amides is 2. The highest BCUT2D eigenvalue weighted by Crippen LogP contribution is 2.06. The van der Waals surface area contributed by atoms with Crippen LogP contribution in [0.1, 0.15) is 34.1 Å². The van der Waals surface area contributed by atoms with Crippen molar-refractivity contribution < 1.29 is 14.3 Å². The molecule has 0 aromatic rings. The summed E-state index contributed by atoms with van der Waals surface area (Å²) in [5.41, 5.74) is -0.560. The molecular weight excluding hydrogens is 234 g/mol. The SMILES string of the molecule is CC(NC(=O)OC(C)(C)C)C(=O)NC1CCNC1. The van der Waals surface area contributed by atoms with Crippen molar-refractivity contribution in [3.05, 3.63) is 0 Å². The summed E-state index contributed by atoms with van der Waals surface area (Å²) in [7, 11) is 0. The van der Waals surface area contributed by atoms with E-state index in [9.17, 15) is 9.59 Å². The van der Waals surface area contributed by atoms with Gasteiger partial charge in [0.2, 0.25) is 5.91 Å². The van der Waals surface area contributed by atoms with Crippen LogP contribution in [-0.4, -0.2) is 42.8 Å². The third-order valence-electron chi connectivity index (χ3n) is 2.53. The van der Waals surface area contributed by atoms with E-state index < -0.39 is 17.7 Å². The average molecular weight is 257 g/mol. The molecule has 1 rings (SSSR count). The molecule has 1 heterocycles. The molecule has 0 bridgehead atoms. The Morgan fingerprint density at radius 1 is 1.39 bits per heavy atom. The summed E-state index contributed by atoms with van der Waals surface area (Å²) >= 11 is 0. The molecule has 1 aliphatic rings. The summed E-state index contributed by atoms with van der Waals surface area (Å²) in [6, 6.07) is -0.444. The van der Waals surface area contributed by atoms with Gasteiger partial charge in [-0.05, 0) is 40.7 Å². The van der Waals surface area contributed by atoms with Crippen LogP contribution in [0.3, 0.4) is 0 Å². The van der Waals surface area contributed by atoms with Gasteiger partial charge in [-0.15, -0.1) is 0 Å². The van der Waals surface area contributed by atoms with Crippen molar-refractivity contribution in [2.45, 2.75) is 51.8 Å². The van der Waals surface area contributed by atoms with Gasteiger partial charge in [0.25, 0.3) is 0 Å². The summed E-state index contributed by atoms with van der Waals surface area (Å²) in [5.74, 6) is -0.186. The lowest BCUT2D eigenvalue weighted by atomic mass is 10.2. The van der Waals surface area contributed by atoms with Crippen LogP contribution in [0, 0.1) is 0 Å². The first-order valence-electron chi connectivity index (χ1n) is 6.28. The number of rotatable bonds is 3. The predicted octanol–water partition coefficient (Wildman–Crippen LogP) is 0.378. The van der Waals surface area contributed by atoms with E-state index in [2.05, 4.69) is 16.0 Å². The monoisotopic (exact) mass is 257 g/mol. The number of hydrogen-bond acceptors (Lipinski definition) is 4. The average Bonchev–Trinajstić information content (AvgIpc) is 2.66. The van der Waals surface area contributed by atoms with E-state index in [1.807, 2.05) is 0 Å². The fourth-order valence-corrected chi connectivity index (χ4v) is 1.65. The van der Waals surface area contributed by atoms with E-state index in [4.69, 9.17) is 4.74 Å². The lowest BCUT2D eigenvalue weighted by Gasteiger charge is -2.22. The summed E-state index contributed by atoms with van der Waals surface area (Å²) < 4.78 is 5.09. The molecule has 0 aliphatic carbocycles. The first-order chi connectivity index (χ1) is 8.28. The highest BCUT2D eigenvalue weighted by atomic mass is 16.6. The van der Waals surface area contributed by atoms with E-state index in [0.29, 0.717) is 0 Å². The number of nitrogens with one attached hydrogen (secondary N) is 3. The number of carbonyl (C=O) groups is 2. The molecule has 2 unspecified atom stereocenters. The Morgan fingerprint density at radius 3 is 2.56 bits per heavy atom. The van der Waals surface area contributed by atoms with E-state index in [-0.39, 0.29) is 11.9 Å². The summed E-state index contributed by atoms with van der Waals surface area (Å²) in [5, 5.41) is 8.55. The highest BCUT2D eigenvalue weighted by Gasteiger charge is 2.23. The zero-order chi connectivity index (χ0) is 13.8. The van der Waals surface area contributed by atoms with Crippen molar-refractivity contribution in [1.82, 2.24) is 16.0 Å². The zero-order valence-electron chi connectivity index (χ0n) is 11.5. The van der Waals surface area contributed by atoms with Crippen LogP contribution in [0.5, 0.6) is 0 Å². The molecule has 1 aliphatic heterocycles. The minimum Gasteiger partial charge on any atom is -0.444 e. The largest absolute Gasteiger partial charge is 0.444 e. The molecule has 18 heavy (non-hydrogen) atoms. The van der Waals surface area contributed by atoms with Crippen molar-refractivity contribution in [3.8, 4) is 0 Å². The van der Waals surface area contributed by atoms with Crippen LogP contribution in [0.4, 0.5) is 4.79 Å². The third kappa shape index (κ3) is 5.35. The molecule has 104 valence electrons. The van der Waals surface area contributed by atoms with Crippen LogP contribution in [-0.2, 0) is 9.53 Å².